The molecule has 0 N–H and O–H groups in total. The van der Waals surface area contributed by atoms with Crippen LogP contribution in [0.2, 0.25) is 0 Å². The molecule has 5 rings (SSSR count). The summed E-state index contributed by atoms with van der Waals surface area (Å²) in [5.41, 5.74) is 2.47. The van der Waals surface area contributed by atoms with E-state index in [9.17, 15) is 18.0 Å². The predicted molar refractivity (Wildman–Crippen MR) is 134 cm³/mol. The molecule has 8 nitrogen and oxygen atoms in total. The largest absolute Gasteiger partial charge is 0.478 e. The number of fused-ring (bicyclic) bond motifs is 2. The van der Waals surface area contributed by atoms with Gasteiger partial charge in [0, 0.05) is 43.0 Å². The molecule has 35 heavy (non-hydrogen) atoms. The van der Waals surface area contributed by atoms with Crippen LogP contribution in [-0.4, -0.2) is 36.0 Å². The van der Waals surface area contributed by atoms with Crippen molar-refractivity contribution in [3.63, 3.8) is 0 Å². The molecule has 2 aromatic heterocycles. The van der Waals surface area contributed by atoms with Gasteiger partial charge < -0.3 is 14.2 Å². The number of likely N-dealkylation sites (N-methyl/N-ethyl adjacent to an activating group) is 1. The number of para-hydroxylation sites is 1. The van der Waals surface area contributed by atoms with Crippen molar-refractivity contribution in [2.75, 3.05) is 11.9 Å². The summed E-state index contributed by atoms with van der Waals surface area (Å²) in [5, 5.41) is 0.480. The Bertz CT molecular complexity index is 1650. The number of rotatable bonds is 4. The third-order valence-electron chi connectivity index (χ3n) is 6.45. The molecule has 0 radical (unpaired) electrons. The monoisotopic (exact) mass is 491 g/mol. The van der Waals surface area contributed by atoms with Gasteiger partial charge in [0.1, 0.15) is 5.52 Å². The number of amides is 1. The fraction of sp³-hybridized carbons (Fsp3) is 0.231. The van der Waals surface area contributed by atoms with Crippen molar-refractivity contribution in [1.82, 2.24) is 8.54 Å². The molecule has 0 spiro atoms. The standard InChI is InChI=1S/C26H25N3O5S/c1-5-22-25(30)28(4)21-8-6-7-19(24(21)34-22)20-15-27(3)26(31)23-18(20)13-14-29(23)35(32,33)17-11-9-16(2)10-12-17/h6-15,22H,5H2,1-4H3. The van der Waals surface area contributed by atoms with Crippen molar-refractivity contribution in [3.05, 3.63) is 76.8 Å². The molecule has 1 atom stereocenters. The van der Waals surface area contributed by atoms with Gasteiger partial charge in [-0.15, -0.1) is 0 Å². The second-order valence-corrected chi connectivity index (χ2v) is 10.5. The van der Waals surface area contributed by atoms with Gasteiger partial charge in [0.15, 0.2) is 11.9 Å². The lowest BCUT2D eigenvalue weighted by atomic mass is 10.00. The van der Waals surface area contributed by atoms with Gasteiger partial charge in [-0.3, -0.25) is 9.59 Å². The van der Waals surface area contributed by atoms with Crippen LogP contribution in [0.3, 0.4) is 0 Å². The number of benzene rings is 2. The molecule has 180 valence electrons. The lowest BCUT2D eigenvalue weighted by Crippen LogP contribution is -2.43. The zero-order valence-corrected chi connectivity index (χ0v) is 20.7. The Morgan fingerprint density at radius 1 is 0.971 bits per heavy atom. The van der Waals surface area contributed by atoms with Crippen molar-refractivity contribution in [3.8, 4) is 16.9 Å². The molecule has 0 bridgehead atoms. The van der Waals surface area contributed by atoms with E-state index in [1.165, 1.54) is 22.9 Å². The molecule has 1 aliphatic heterocycles. The second-order valence-electron chi connectivity index (χ2n) is 8.72. The highest BCUT2D eigenvalue weighted by atomic mass is 32.2. The zero-order valence-electron chi connectivity index (χ0n) is 19.8. The van der Waals surface area contributed by atoms with Crippen LogP contribution in [-0.2, 0) is 21.9 Å². The van der Waals surface area contributed by atoms with Gasteiger partial charge >= 0.3 is 0 Å². The first-order valence-electron chi connectivity index (χ1n) is 11.3. The van der Waals surface area contributed by atoms with E-state index >= 15 is 0 Å². The number of pyridine rings is 1. The number of nitrogens with zero attached hydrogens (tertiary/aromatic N) is 3. The predicted octanol–water partition coefficient (Wildman–Crippen LogP) is 3.69. The van der Waals surface area contributed by atoms with Gasteiger partial charge in [0.2, 0.25) is 0 Å². The fourth-order valence-corrected chi connectivity index (χ4v) is 5.82. The number of aromatic nitrogens is 2. The Hall–Kier alpha value is -3.85. The number of aryl methyl sites for hydroxylation is 2. The van der Waals surface area contributed by atoms with Gasteiger partial charge in [-0.2, -0.15) is 0 Å². The van der Waals surface area contributed by atoms with Gasteiger partial charge in [-0.1, -0.05) is 36.8 Å². The van der Waals surface area contributed by atoms with E-state index in [2.05, 4.69) is 0 Å². The van der Waals surface area contributed by atoms with Crippen molar-refractivity contribution < 1.29 is 17.9 Å². The average Bonchev–Trinajstić information content (AvgIpc) is 3.30. The molecular formula is C26H25N3O5S. The van der Waals surface area contributed by atoms with E-state index in [-0.39, 0.29) is 16.3 Å². The average molecular weight is 492 g/mol. The van der Waals surface area contributed by atoms with Crippen molar-refractivity contribution in [2.45, 2.75) is 31.3 Å². The number of hydrogen-bond donors (Lipinski definition) is 0. The number of anilines is 1. The van der Waals surface area contributed by atoms with Crippen molar-refractivity contribution in [2.24, 2.45) is 7.05 Å². The smallest absolute Gasteiger partial charge is 0.275 e. The maximum Gasteiger partial charge on any atom is 0.275 e. The van der Waals surface area contributed by atoms with Gasteiger partial charge in [0.25, 0.3) is 21.5 Å². The minimum atomic E-state index is -4.00. The van der Waals surface area contributed by atoms with Gasteiger partial charge in [-0.25, -0.2) is 12.4 Å². The molecule has 1 unspecified atom stereocenters. The highest BCUT2D eigenvalue weighted by molar-refractivity contribution is 7.90. The molecule has 9 heteroatoms. The lowest BCUT2D eigenvalue weighted by Gasteiger charge is -2.33. The molecule has 0 fully saturated rings. The van der Waals surface area contributed by atoms with Crippen LogP contribution in [0.5, 0.6) is 5.75 Å². The second kappa shape index (κ2) is 8.13. The molecular weight excluding hydrogens is 466 g/mol. The summed E-state index contributed by atoms with van der Waals surface area (Å²) < 4.78 is 35.5. The maximum atomic E-state index is 13.5. The number of hydrogen-bond acceptors (Lipinski definition) is 5. The SMILES string of the molecule is CCC1Oc2c(-c3cn(C)c(=O)c4c3ccn4S(=O)(=O)c3ccc(C)cc3)cccc2N(C)C1=O. The van der Waals surface area contributed by atoms with Crippen LogP contribution < -0.4 is 15.2 Å². The normalized spacial score (nSPS) is 15.8. The summed E-state index contributed by atoms with van der Waals surface area (Å²) in [5.74, 6) is 0.397. The highest BCUT2D eigenvalue weighted by Crippen LogP contribution is 2.43. The number of carbonyl (C=O) groups excluding carboxylic acids is 1. The summed E-state index contributed by atoms with van der Waals surface area (Å²) in [6.07, 6.45) is 2.96. The van der Waals surface area contributed by atoms with Crippen LogP contribution in [0.4, 0.5) is 5.69 Å². The van der Waals surface area contributed by atoms with Crippen LogP contribution in [0.15, 0.2) is 70.6 Å². The Balaban J connectivity index is 1.77. The van der Waals surface area contributed by atoms with Gasteiger partial charge in [-0.05, 0) is 37.6 Å². The quantitative estimate of drug-likeness (QED) is 0.434. The first-order chi connectivity index (χ1) is 16.6. The number of ether oxygens (including phenoxy) is 1. The molecule has 0 saturated heterocycles. The molecule has 0 aliphatic carbocycles. The maximum absolute atomic E-state index is 13.5. The van der Waals surface area contributed by atoms with Crippen LogP contribution in [0.1, 0.15) is 18.9 Å². The topological polar surface area (TPSA) is 90.6 Å². The van der Waals surface area contributed by atoms with E-state index in [0.717, 1.165) is 9.54 Å². The molecule has 0 saturated carbocycles. The van der Waals surface area contributed by atoms with E-state index in [0.29, 0.717) is 34.4 Å². The molecule has 1 amide bonds. The Morgan fingerprint density at radius 2 is 1.69 bits per heavy atom. The third kappa shape index (κ3) is 3.46. The van der Waals surface area contributed by atoms with Crippen LogP contribution in [0, 0.1) is 6.92 Å². The first kappa shape index (κ1) is 22.9. The van der Waals surface area contributed by atoms with E-state index in [1.807, 2.05) is 26.0 Å². The zero-order chi connectivity index (χ0) is 25.1. The summed E-state index contributed by atoms with van der Waals surface area (Å²) in [7, 11) is -0.714. The first-order valence-corrected chi connectivity index (χ1v) is 12.7. The highest BCUT2D eigenvalue weighted by Gasteiger charge is 2.33. The summed E-state index contributed by atoms with van der Waals surface area (Å²) in [4.78, 5) is 27.5. The summed E-state index contributed by atoms with van der Waals surface area (Å²) in [6.45, 7) is 3.75. The molecule has 4 aromatic rings. The third-order valence-corrected chi connectivity index (χ3v) is 8.14. The van der Waals surface area contributed by atoms with Crippen molar-refractivity contribution >= 4 is 32.5 Å². The minimum absolute atomic E-state index is 0.0514. The lowest BCUT2D eigenvalue weighted by molar-refractivity contribution is -0.126. The van der Waals surface area contributed by atoms with E-state index in [4.69, 9.17) is 4.74 Å². The fourth-order valence-electron chi connectivity index (χ4n) is 4.48. The summed E-state index contributed by atoms with van der Waals surface area (Å²) in [6, 6.07) is 13.6. The van der Waals surface area contributed by atoms with E-state index in [1.54, 1.807) is 49.5 Å². The van der Waals surface area contributed by atoms with Gasteiger partial charge in [0.05, 0.1) is 10.6 Å². The molecule has 3 heterocycles. The Morgan fingerprint density at radius 3 is 2.37 bits per heavy atom. The number of carbonyl (C=O) groups is 1. The van der Waals surface area contributed by atoms with Crippen LogP contribution in [0.25, 0.3) is 22.0 Å². The Kier molecular flexibility index (Phi) is 5.32. The summed E-state index contributed by atoms with van der Waals surface area (Å²) >= 11 is 0. The van der Waals surface area contributed by atoms with E-state index < -0.39 is 21.7 Å². The molecule has 1 aliphatic rings. The Labute approximate surface area is 203 Å². The molecule has 2 aromatic carbocycles. The van der Waals surface area contributed by atoms with Crippen molar-refractivity contribution in [1.29, 1.82) is 0 Å². The van der Waals surface area contributed by atoms with Crippen LogP contribution >= 0.6 is 0 Å². The minimum Gasteiger partial charge on any atom is -0.478 e.